The first-order valence-corrected chi connectivity index (χ1v) is 8.82. The fraction of sp³-hybridized carbons (Fsp3) is 0.444. The molecule has 1 saturated carbocycles. The maximum absolute atomic E-state index is 13.2. The third kappa shape index (κ3) is 3.23. The van der Waals surface area contributed by atoms with Crippen LogP contribution in [0.1, 0.15) is 40.3 Å². The molecule has 148 valence electrons. The van der Waals surface area contributed by atoms with Gasteiger partial charge in [-0.25, -0.2) is 14.5 Å². The summed E-state index contributed by atoms with van der Waals surface area (Å²) < 4.78 is 46.7. The van der Waals surface area contributed by atoms with E-state index in [0.29, 0.717) is 35.7 Å². The lowest BCUT2D eigenvalue weighted by Crippen LogP contribution is -2.46. The summed E-state index contributed by atoms with van der Waals surface area (Å²) in [5, 5.41) is 6.20. The highest BCUT2D eigenvalue weighted by Gasteiger charge is 2.49. The quantitative estimate of drug-likeness (QED) is 0.735. The number of alkyl halides is 3. The van der Waals surface area contributed by atoms with Crippen LogP contribution in [-0.2, 0) is 0 Å². The summed E-state index contributed by atoms with van der Waals surface area (Å²) in [6, 6.07) is -0.175. The molecule has 1 aliphatic carbocycles. The Balaban J connectivity index is 1.72. The summed E-state index contributed by atoms with van der Waals surface area (Å²) in [4.78, 5) is 21.2. The van der Waals surface area contributed by atoms with Crippen LogP contribution in [0.2, 0.25) is 0 Å². The first-order valence-electron chi connectivity index (χ1n) is 8.82. The Bertz CT molecular complexity index is 1050. The van der Waals surface area contributed by atoms with E-state index in [2.05, 4.69) is 20.4 Å². The van der Waals surface area contributed by atoms with Crippen molar-refractivity contribution in [3.05, 3.63) is 35.0 Å². The third-order valence-corrected chi connectivity index (χ3v) is 4.87. The van der Waals surface area contributed by atoms with Crippen molar-refractivity contribution in [3.8, 4) is 11.6 Å². The number of amides is 1. The van der Waals surface area contributed by atoms with Crippen LogP contribution in [0.25, 0.3) is 17.2 Å². The van der Waals surface area contributed by atoms with Crippen molar-refractivity contribution in [1.82, 2.24) is 24.9 Å². The molecule has 0 radical (unpaired) electrons. The summed E-state index contributed by atoms with van der Waals surface area (Å²) in [5.74, 6) is -0.514. The number of hydrogen-bond donors (Lipinski definition) is 1. The van der Waals surface area contributed by atoms with Crippen LogP contribution in [0.15, 0.2) is 16.7 Å². The molecule has 0 saturated heterocycles. The number of fused-ring (bicyclic) bond motifs is 1. The Morgan fingerprint density at radius 1 is 1.29 bits per heavy atom. The van der Waals surface area contributed by atoms with Gasteiger partial charge in [-0.15, -0.1) is 0 Å². The zero-order chi connectivity index (χ0) is 20.2. The molecule has 3 aromatic heterocycles. The Morgan fingerprint density at radius 2 is 2.00 bits per heavy atom. The number of aryl methyl sites for hydroxylation is 3. The molecule has 0 bridgehead atoms. The molecule has 1 aliphatic rings. The van der Waals surface area contributed by atoms with Gasteiger partial charge in [0.25, 0.3) is 5.91 Å². The summed E-state index contributed by atoms with van der Waals surface area (Å²) in [5.41, 5.74) is 1.85. The molecule has 4 rings (SSSR count). The zero-order valence-electron chi connectivity index (χ0n) is 15.5. The number of carbonyl (C=O) groups excluding carboxylic acids is 1. The van der Waals surface area contributed by atoms with Gasteiger partial charge in [-0.1, -0.05) is 0 Å². The van der Waals surface area contributed by atoms with Crippen LogP contribution in [0, 0.1) is 26.7 Å². The second-order valence-corrected chi connectivity index (χ2v) is 7.07. The fourth-order valence-corrected chi connectivity index (χ4v) is 3.08. The lowest BCUT2D eigenvalue weighted by molar-refractivity contribution is -0.158. The first-order chi connectivity index (χ1) is 13.1. The molecule has 1 fully saturated rings. The van der Waals surface area contributed by atoms with Crippen molar-refractivity contribution >= 4 is 11.6 Å². The number of nitrogens with zero attached hydrogens (tertiary/aromatic N) is 4. The molecule has 3 aromatic rings. The molecule has 7 nitrogen and oxygen atoms in total. The van der Waals surface area contributed by atoms with Crippen molar-refractivity contribution in [2.75, 3.05) is 0 Å². The zero-order valence-corrected chi connectivity index (χ0v) is 15.5. The van der Waals surface area contributed by atoms with Crippen LogP contribution in [-0.4, -0.2) is 37.7 Å². The minimum atomic E-state index is -4.50. The maximum atomic E-state index is 13.2. The highest BCUT2D eigenvalue weighted by Crippen LogP contribution is 2.40. The van der Waals surface area contributed by atoms with E-state index >= 15 is 0 Å². The van der Waals surface area contributed by atoms with Crippen LogP contribution >= 0.6 is 0 Å². The molecule has 10 heteroatoms. The number of halogens is 3. The van der Waals surface area contributed by atoms with Gasteiger partial charge >= 0.3 is 6.18 Å². The van der Waals surface area contributed by atoms with Gasteiger partial charge in [-0.2, -0.15) is 18.3 Å². The van der Waals surface area contributed by atoms with Gasteiger partial charge in [-0.3, -0.25) is 4.79 Å². The highest BCUT2D eigenvalue weighted by atomic mass is 19.4. The van der Waals surface area contributed by atoms with Gasteiger partial charge in [0, 0.05) is 5.69 Å². The number of aromatic nitrogens is 4. The van der Waals surface area contributed by atoms with Gasteiger partial charge in [0.2, 0.25) is 5.89 Å². The average Bonchev–Trinajstić information content (AvgIpc) is 3.25. The predicted octanol–water partition coefficient (Wildman–Crippen LogP) is 3.38. The standard InChI is InChI=1S/C18H18F3N5O2/c1-8-6-13(17-23-9(2)10(3)28-17)24-15-12(7-22-26(8)15)16(27)25-14(11-4-5-11)18(19,20)21/h6-7,11,14H,4-5H2,1-3H3,(H,25,27)/t14-/m1/s1. The average molecular weight is 393 g/mol. The van der Waals surface area contributed by atoms with Crippen LogP contribution in [0.5, 0.6) is 0 Å². The molecule has 1 atom stereocenters. The largest absolute Gasteiger partial charge is 0.440 e. The number of nitrogens with one attached hydrogen (secondary N) is 1. The van der Waals surface area contributed by atoms with E-state index in [1.807, 2.05) is 0 Å². The van der Waals surface area contributed by atoms with E-state index in [1.165, 1.54) is 10.7 Å². The van der Waals surface area contributed by atoms with Crippen molar-refractivity contribution in [3.63, 3.8) is 0 Å². The second kappa shape index (κ2) is 6.32. The molecule has 1 amide bonds. The van der Waals surface area contributed by atoms with Crippen LogP contribution in [0.3, 0.4) is 0 Å². The van der Waals surface area contributed by atoms with Gasteiger partial charge in [-0.05, 0) is 45.6 Å². The van der Waals surface area contributed by atoms with Crippen molar-refractivity contribution in [1.29, 1.82) is 0 Å². The summed E-state index contributed by atoms with van der Waals surface area (Å²) >= 11 is 0. The predicted molar refractivity (Wildman–Crippen MR) is 92.7 cm³/mol. The van der Waals surface area contributed by atoms with Crippen molar-refractivity contribution < 1.29 is 22.4 Å². The van der Waals surface area contributed by atoms with Gasteiger partial charge in [0.05, 0.1) is 11.9 Å². The lowest BCUT2D eigenvalue weighted by atomic mass is 10.1. The Labute approximate surface area is 158 Å². The number of oxazole rings is 1. The lowest BCUT2D eigenvalue weighted by Gasteiger charge is -2.20. The fourth-order valence-electron chi connectivity index (χ4n) is 3.08. The summed E-state index contributed by atoms with van der Waals surface area (Å²) in [7, 11) is 0. The molecule has 3 heterocycles. The molecule has 0 aromatic carbocycles. The monoisotopic (exact) mass is 393 g/mol. The Morgan fingerprint density at radius 3 is 2.57 bits per heavy atom. The Hall–Kier alpha value is -2.91. The molecule has 0 aliphatic heterocycles. The van der Waals surface area contributed by atoms with Crippen molar-refractivity contribution in [2.24, 2.45) is 5.92 Å². The van der Waals surface area contributed by atoms with Gasteiger partial charge < -0.3 is 9.73 Å². The van der Waals surface area contributed by atoms with Gasteiger partial charge in [0.15, 0.2) is 5.65 Å². The van der Waals surface area contributed by atoms with E-state index in [4.69, 9.17) is 4.42 Å². The third-order valence-electron chi connectivity index (χ3n) is 4.87. The van der Waals surface area contributed by atoms with Crippen molar-refractivity contribution in [2.45, 2.75) is 45.8 Å². The molecular formula is C18H18F3N5O2. The SMILES string of the molecule is Cc1nc(-c2cc(C)n3ncc(C(=O)N[C@H](C4CC4)C(F)(F)F)c3n2)oc1C. The summed E-state index contributed by atoms with van der Waals surface area (Å²) in [6.45, 7) is 5.31. The topological polar surface area (TPSA) is 85.3 Å². The van der Waals surface area contributed by atoms with Gasteiger partial charge in [0.1, 0.15) is 23.1 Å². The van der Waals surface area contributed by atoms with Crippen LogP contribution < -0.4 is 5.32 Å². The second-order valence-electron chi connectivity index (χ2n) is 7.07. The Kier molecular flexibility index (Phi) is 4.16. The molecule has 28 heavy (non-hydrogen) atoms. The van der Waals surface area contributed by atoms with E-state index in [9.17, 15) is 18.0 Å². The number of carbonyl (C=O) groups is 1. The van der Waals surface area contributed by atoms with E-state index in [-0.39, 0.29) is 17.1 Å². The van der Waals surface area contributed by atoms with Crippen LogP contribution in [0.4, 0.5) is 13.2 Å². The number of rotatable bonds is 4. The molecule has 1 N–H and O–H groups in total. The summed E-state index contributed by atoms with van der Waals surface area (Å²) in [6.07, 6.45) is -2.38. The molecular weight excluding hydrogens is 375 g/mol. The van der Waals surface area contributed by atoms with E-state index < -0.39 is 24.0 Å². The first kappa shape index (κ1) is 18.5. The smallest absolute Gasteiger partial charge is 0.408 e. The highest BCUT2D eigenvalue weighted by molar-refractivity contribution is 6.00. The minimum Gasteiger partial charge on any atom is -0.440 e. The normalized spacial score (nSPS) is 15.8. The maximum Gasteiger partial charge on any atom is 0.408 e. The van der Waals surface area contributed by atoms with E-state index in [0.717, 1.165) is 0 Å². The molecule has 0 unspecified atom stereocenters. The molecule has 0 spiro atoms. The minimum absolute atomic E-state index is 0.0279. The number of hydrogen-bond acceptors (Lipinski definition) is 5. The van der Waals surface area contributed by atoms with E-state index in [1.54, 1.807) is 26.8 Å².